The number of H-pyrrole nitrogens is 1. The summed E-state index contributed by atoms with van der Waals surface area (Å²) in [4.78, 5) is 48.6. The summed E-state index contributed by atoms with van der Waals surface area (Å²) >= 11 is 0. The van der Waals surface area contributed by atoms with Crippen LogP contribution in [0.15, 0.2) is 54.7 Å². The van der Waals surface area contributed by atoms with Gasteiger partial charge in [-0.15, -0.1) is 0 Å². The minimum Gasteiger partial charge on any atom is -0.375 e. The molecular weight excluding hydrogens is 510 g/mol. The Morgan fingerprint density at radius 1 is 0.900 bits per heavy atom. The molecular formula is C30H35N5O5. The summed E-state index contributed by atoms with van der Waals surface area (Å²) in [5.74, 6) is 0.394. The average Bonchev–Trinajstić information content (AvgIpc) is 3.75. The van der Waals surface area contributed by atoms with Crippen LogP contribution < -0.4 is 5.32 Å². The molecule has 5 rings (SSSR count). The summed E-state index contributed by atoms with van der Waals surface area (Å²) in [6.07, 6.45) is 4.29. The van der Waals surface area contributed by atoms with Crippen LogP contribution in [-0.2, 0) is 23.9 Å². The first-order valence-electron chi connectivity index (χ1n) is 13.6. The number of methoxy groups -OCH3 is 2. The van der Waals surface area contributed by atoms with Gasteiger partial charge in [-0.3, -0.25) is 14.4 Å². The van der Waals surface area contributed by atoms with Crippen molar-refractivity contribution < 1.29 is 23.9 Å². The van der Waals surface area contributed by atoms with Gasteiger partial charge < -0.3 is 29.6 Å². The number of ether oxygens (including phenoxy) is 2. The summed E-state index contributed by atoms with van der Waals surface area (Å²) < 4.78 is 9.94. The molecule has 0 radical (unpaired) electrons. The zero-order chi connectivity index (χ0) is 28.1. The van der Waals surface area contributed by atoms with Crippen LogP contribution in [0.1, 0.15) is 31.1 Å². The van der Waals surface area contributed by atoms with Gasteiger partial charge in [0.1, 0.15) is 19.0 Å². The number of imidazole rings is 1. The van der Waals surface area contributed by atoms with E-state index in [4.69, 9.17) is 9.47 Å². The third kappa shape index (κ3) is 6.08. The van der Waals surface area contributed by atoms with E-state index < -0.39 is 0 Å². The van der Waals surface area contributed by atoms with Crippen molar-refractivity contribution in [1.82, 2.24) is 19.8 Å². The van der Waals surface area contributed by atoms with E-state index in [0.29, 0.717) is 19.5 Å². The second-order valence-corrected chi connectivity index (χ2v) is 10.3. The molecule has 10 nitrogen and oxygen atoms in total. The van der Waals surface area contributed by atoms with Gasteiger partial charge in [-0.05, 0) is 48.1 Å². The predicted octanol–water partition coefficient (Wildman–Crippen LogP) is 3.49. The number of aromatic amines is 1. The van der Waals surface area contributed by atoms with E-state index in [1.165, 1.54) is 14.2 Å². The molecule has 3 aromatic rings. The maximum Gasteiger partial charge on any atom is 0.249 e. The maximum atomic E-state index is 12.7. The van der Waals surface area contributed by atoms with Crippen molar-refractivity contribution in [1.29, 1.82) is 0 Å². The van der Waals surface area contributed by atoms with E-state index in [0.717, 1.165) is 53.3 Å². The van der Waals surface area contributed by atoms with Crippen molar-refractivity contribution in [2.45, 2.75) is 25.3 Å². The first-order chi connectivity index (χ1) is 19.5. The molecule has 2 aliphatic heterocycles. The molecule has 2 aliphatic rings. The van der Waals surface area contributed by atoms with Crippen molar-refractivity contribution >= 4 is 23.4 Å². The van der Waals surface area contributed by atoms with Crippen molar-refractivity contribution in [3.63, 3.8) is 0 Å². The predicted molar refractivity (Wildman–Crippen MR) is 150 cm³/mol. The van der Waals surface area contributed by atoms with Crippen LogP contribution in [0.4, 0.5) is 5.69 Å². The smallest absolute Gasteiger partial charge is 0.249 e. The number of carbonyl (C=O) groups excluding carboxylic acids is 3. The number of amides is 3. The van der Waals surface area contributed by atoms with E-state index in [1.807, 2.05) is 47.5 Å². The Hall–Kier alpha value is -4.02. The second kappa shape index (κ2) is 12.4. The van der Waals surface area contributed by atoms with Gasteiger partial charge in [0.25, 0.3) is 0 Å². The molecule has 0 unspecified atom stereocenters. The van der Waals surface area contributed by atoms with Crippen LogP contribution in [0.5, 0.6) is 0 Å². The van der Waals surface area contributed by atoms with Crippen molar-refractivity contribution in [2.24, 2.45) is 5.92 Å². The summed E-state index contributed by atoms with van der Waals surface area (Å²) in [5.41, 5.74) is 4.72. The Kier molecular flexibility index (Phi) is 8.57. The maximum absolute atomic E-state index is 12.7. The quantitative estimate of drug-likeness (QED) is 0.425. The molecule has 210 valence electrons. The monoisotopic (exact) mass is 545 g/mol. The first kappa shape index (κ1) is 27.5. The Balaban J connectivity index is 1.19. The van der Waals surface area contributed by atoms with Crippen molar-refractivity contribution in [2.75, 3.05) is 52.4 Å². The molecule has 0 spiro atoms. The average molecular weight is 546 g/mol. The zero-order valence-electron chi connectivity index (χ0n) is 22.9. The number of likely N-dealkylation sites (tertiary alicyclic amines) is 2. The lowest BCUT2D eigenvalue weighted by Gasteiger charge is -2.22. The topological polar surface area (TPSA) is 117 Å². The Bertz CT molecular complexity index is 1340. The van der Waals surface area contributed by atoms with E-state index >= 15 is 0 Å². The number of anilines is 1. The highest BCUT2D eigenvalue weighted by Crippen LogP contribution is 2.32. The number of carbonyl (C=O) groups is 3. The molecule has 2 atom stereocenters. The van der Waals surface area contributed by atoms with Gasteiger partial charge in [0.15, 0.2) is 0 Å². The number of benzene rings is 2. The SMILES string of the molecule is COCC(=O)N1CC[C@H](C(=O)Nc2ccc(-c3ccc(-c4cnc([C@@H]5CCCN5C(=O)COC)[nH]4)cc3)cc2)C1. The largest absolute Gasteiger partial charge is 0.375 e. The van der Waals surface area contributed by atoms with Gasteiger partial charge in [-0.1, -0.05) is 36.4 Å². The van der Waals surface area contributed by atoms with Gasteiger partial charge in [0, 0.05) is 39.5 Å². The standard InChI is InChI=1S/C30H35N5O5/c1-39-18-27(36)34-15-13-23(17-34)30(38)32-24-11-9-21(10-12-24)20-5-7-22(8-6-20)25-16-31-29(33-25)26-4-3-14-35(26)28(37)19-40-2/h5-12,16,23,26H,3-4,13-15,17-19H2,1-2H3,(H,31,33)(H,32,38)/t23-,26-/m0/s1. The fraction of sp³-hybridized carbons (Fsp3) is 0.400. The third-order valence-corrected chi connectivity index (χ3v) is 7.61. The Labute approximate surface area is 233 Å². The summed E-state index contributed by atoms with van der Waals surface area (Å²) in [6, 6.07) is 15.9. The van der Waals surface area contributed by atoms with Gasteiger partial charge in [-0.2, -0.15) is 0 Å². The van der Waals surface area contributed by atoms with E-state index in [9.17, 15) is 14.4 Å². The lowest BCUT2D eigenvalue weighted by atomic mass is 10.0. The highest BCUT2D eigenvalue weighted by atomic mass is 16.5. The minimum atomic E-state index is -0.224. The van der Waals surface area contributed by atoms with Crippen LogP contribution in [-0.4, -0.2) is 84.6 Å². The van der Waals surface area contributed by atoms with Crippen LogP contribution in [0.3, 0.4) is 0 Å². The highest BCUT2D eigenvalue weighted by Gasteiger charge is 2.32. The molecule has 2 N–H and O–H groups in total. The summed E-state index contributed by atoms with van der Waals surface area (Å²) in [7, 11) is 3.02. The van der Waals surface area contributed by atoms with Crippen molar-refractivity contribution in [3.8, 4) is 22.4 Å². The van der Waals surface area contributed by atoms with Crippen LogP contribution in [0.2, 0.25) is 0 Å². The van der Waals surface area contributed by atoms with Gasteiger partial charge in [0.05, 0.1) is 23.9 Å². The van der Waals surface area contributed by atoms with Crippen LogP contribution in [0.25, 0.3) is 22.4 Å². The van der Waals surface area contributed by atoms with Crippen molar-refractivity contribution in [3.05, 3.63) is 60.6 Å². The normalized spacial score (nSPS) is 18.8. The molecule has 3 heterocycles. The van der Waals surface area contributed by atoms with Gasteiger partial charge in [-0.25, -0.2) is 4.98 Å². The van der Waals surface area contributed by atoms with E-state index in [1.54, 1.807) is 4.90 Å². The molecule has 0 bridgehead atoms. The molecule has 0 aliphatic carbocycles. The first-order valence-corrected chi connectivity index (χ1v) is 13.6. The minimum absolute atomic E-state index is 0.0162. The molecule has 2 saturated heterocycles. The summed E-state index contributed by atoms with van der Waals surface area (Å²) in [5, 5.41) is 2.98. The number of hydrogen-bond acceptors (Lipinski definition) is 6. The number of aromatic nitrogens is 2. The lowest BCUT2D eigenvalue weighted by molar-refractivity contribution is -0.136. The van der Waals surface area contributed by atoms with Crippen LogP contribution >= 0.6 is 0 Å². The van der Waals surface area contributed by atoms with Gasteiger partial charge in [0.2, 0.25) is 17.7 Å². The molecule has 2 fully saturated rings. The molecule has 1 aromatic heterocycles. The number of hydrogen-bond donors (Lipinski definition) is 2. The fourth-order valence-corrected chi connectivity index (χ4v) is 5.46. The number of nitrogens with one attached hydrogen (secondary N) is 2. The Morgan fingerprint density at radius 2 is 1.55 bits per heavy atom. The zero-order valence-corrected chi connectivity index (χ0v) is 22.9. The Morgan fingerprint density at radius 3 is 2.25 bits per heavy atom. The molecule has 3 amide bonds. The van der Waals surface area contributed by atoms with Crippen LogP contribution in [0, 0.1) is 5.92 Å². The molecule has 0 saturated carbocycles. The third-order valence-electron chi connectivity index (χ3n) is 7.61. The number of rotatable bonds is 9. The fourth-order valence-electron chi connectivity index (χ4n) is 5.46. The van der Waals surface area contributed by atoms with E-state index in [-0.39, 0.29) is 42.9 Å². The molecule has 40 heavy (non-hydrogen) atoms. The second-order valence-electron chi connectivity index (χ2n) is 10.3. The summed E-state index contributed by atoms with van der Waals surface area (Å²) in [6.45, 7) is 1.82. The molecule has 10 heteroatoms. The van der Waals surface area contributed by atoms with E-state index in [2.05, 4.69) is 27.4 Å². The number of nitrogens with zero attached hydrogens (tertiary/aromatic N) is 3. The van der Waals surface area contributed by atoms with Gasteiger partial charge >= 0.3 is 0 Å². The highest BCUT2D eigenvalue weighted by molar-refractivity contribution is 5.93. The molecule has 2 aromatic carbocycles. The lowest BCUT2D eigenvalue weighted by Crippen LogP contribution is -2.33.